The summed E-state index contributed by atoms with van der Waals surface area (Å²) < 4.78 is 41.6. The molecular weight excluding hydrogens is 433 g/mol. The molecule has 4 rings (SSSR count). The largest absolute Gasteiger partial charge is 0.330 e. The summed E-state index contributed by atoms with van der Waals surface area (Å²) in [6.07, 6.45) is 3.42. The molecule has 1 saturated heterocycles. The van der Waals surface area contributed by atoms with Crippen molar-refractivity contribution in [2.45, 2.75) is 46.1 Å². The Balaban J connectivity index is 1.75. The first-order valence-electron chi connectivity index (χ1n) is 10.5. The molecule has 0 radical (unpaired) electrons. The Kier molecular flexibility index (Phi) is 5.66. The van der Waals surface area contributed by atoms with Crippen molar-refractivity contribution in [2.24, 2.45) is 0 Å². The first-order valence-corrected chi connectivity index (χ1v) is 12.4. The normalized spacial score (nSPS) is 17.0. The number of halogens is 1. The number of piperidine rings is 1. The summed E-state index contributed by atoms with van der Waals surface area (Å²) in [4.78, 5) is 19.8. The molecule has 1 aliphatic rings. The lowest BCUT2D eigenvalue weighted by atomic mass is 9.98. The number of sulfonamides is 1. The number of aryl methyl sites for hydroxylation is 2. The first kappa shape index (κ1) is 22.2. The predicted molar refractivity (Wildman–Crippen MR) is 120 cm³/mol. The average Bonchev–Trinajstić information content (AvgIpc) is 3.16. The van der Waals surface area contributed by atoms with E-state index in [4.69, 9.17) is 5.10 Å². The molecule has 1 amide bonds. The topological polar surface area (TPSA) is 96.7 Å². The van der Waals surface area contributed by atoms with Gasteiger partial charge in [0.05, 0.1) is 29.2 Å². The molecule has 0 aliphatic carbocycles. The number of hydrogen-bond acceptors (Lipinski definition) is 5. The zero-order valence-electron chi connectivity index (χ0n) is 18.5. The fourth-order valence-electron chi connectivity index (χ4n) is 4.17. The van der Waals surface area contributed by atoms with Gasteiger partial charge in [-0.05, 0) is 63.8 Å². The molecule has 1 aliphatic heterocycles. The van der Waals surface area contributed by atoms with Gasteiger partial charge < -0.3 is 4.90 Å². The van der Waals surface area contributed by atoms with Gasteiger partial charge in [0.15, 0.2) is 5.65 Å². The number of fused-ring (bicyclic) bond motifs is 1. The number of likely N-dealkylation sites (tertiary alicyclic amines) is 1. The van der Waals surface area contributed by atoms with E-state index in [-0.39, 0.29) is 17.3 Å². The minimum atomic E-state index is -3.64. The summed E-state index contributed by atoms with van der Waals surface area (Å²) in [5.41, 5.74) is 4.43. The van der Waals surface area contributed by atoms with Gasteiger partial charge in [-0.15, -0.1) is 0 Å². The summed E-state index contributed by atoms with van der Waals surface area (Å²) in [6, 6.07) is 5.04. The standard InChI is InChI=1S/C22H26FN5O3S/c1-13-14(2)24-21-12-19(25-28(21)15(13)3)20-7-5-6-10-27(20)22(29)17-11-16(23)8-9-18(17)26-32(4,30)31/h8-9,11-12,20,26H,5-7,10H2,1-4H3/t20-/m0/s1. The highest BCUT2D eigenvalue weighted by molar-refractivity contribution is 7.92. The van der Waals surface area contributed by atoms with Gasteiger partial charge in [-0.25, -0.2) is 22.3 Å². The number of nitrogens with one attached hydrogen (secondary N) is 1. The summed E-state index contributed by atoms with van der Waals surface area (Å²) in [7, 11) is -3.64. The van der Waals surface area contributed by atoms with Crippen molar-refractivity contribution in [1.29, 1.82) is 0 Å². The first-order chi connectivity index (χ1) is 15.0. The van der Waals surface area contributed by atoms with Crippen molar-refractivity contribution in [3.05, 3.63) is 58.3 Å². The van der Waals surface area contributed by atoms with Crippen LogP contribution in [0.5, 0.6) is 0 Å². The van der Waals surface area contributed by atoms with E-state index in [1.807, 2.05) is 26.8 Å². The van der Waals surface area contributed by atoms with Crippen LogP contribution in [0.4, 0.5) is 10.1 Å². The summed E-state index contributed by atoms with van der Waals surface area (Å²) in [6.45, 7) is 6.39. The number of hydrogen-bond donors (Lipinski definition) is 1. The van der Waals surface area contributed by atoms with Crippen molar-refractivity contribution in [2.75, 3.05) is 17.5 Å². The Hall–Kier alpha value is -3.01. The van der Waals surface area contributed by atoms with Crippen LogP contribution in [0.2, 0.25) is 0 Å². The maximum absolute atomic E-state index is 14.0. The second-order valence-electron chi connectivity index (χ2n) is 8.32. The molecule has 3 heterocycles. The Morgan fingerprint density at radius 3 is 2.66 bits per heavy atom. The maximum Gasteiger partial charge on any atom is 0.256 e. The van der Waals surface area contributed by atoms with Crippen LogP contribution in [-0.2, 0) is 10.0 Å². The monoisotopic (exact) mass is 459 g/mol. The van der Waals surface area contributed by atoms with Gasteiger partial charge in [-0.1, -0.05) is 0 Å². The number of nitrogens with zero attached hydrogens (tertiary/aromatic N) is 4. The molecule has 0 spiro atoms. The van der Waals surface area contributed by atoms with Crippen LogP contribution in [0, 0.1) is 26.6 Å². The number of carbonyl (C=O) groups excluding carboxylic acids is 1. The number of rotatable bonds is 4. The zero-order valence-corrected chi connectivity index (χ0v) is 19.3. The van der Waals surface area contributed by atoms with E-state index in [9.17, 15) is 17.6 Å². The van der Waals surface area contributed by atoms with Gasteiger partial charge in [-0.2, -0.15) is 5.10 Å². The fourth-order valence-corrected chi connectivity index (χ4v) is 4.75. The van der Waals surface area contributed by atoms with Crippen molar-refractivity contribution in [1.82, 2.24) is 19.5 Å². The van der Waals surface area contributed by atoms with Gasteiger partial charge in [0, 0.05) is 24.0 Å². The molecule has 32 heavy (non-hydrogen) atoms. The van der Waals surface area contributed by atoms with Crippen LogP contribution in [0.1, 0.15) is 58.3 Å². The van der Waals surface area contributed by atoms with Crippen LogP contribution >= 0.6 is 0 Å². The lowest BCUT2D eigenvalue weighted by Gasteiger charge is -2.35. The highest BCUT2D eigenvalue weighted by Gasteiger charge is 2.32. The van der Waals surface area contributed by atoms with Crippen molar-refractivity contribution < 1.29 is 17.6 Å². The number of carbonyl (C=O) groups is 1. The van der Waals surface area contributed by atoms with E-state index in [0.717, 1.165) is 48.2 Å². The molecule has 3 aromatic rings. The molecule has 0 bridgehead atoms. The smallest absolute Gasteiger partial charge is 0.256 e. The molecule has 1 atom stereocenters. The van der Waals surface area contributed by atoms with Crippen LogP contribution in [0.3, 0.4) is 0 Å². The molecule has 2 aromatic heterocycles. The molecular formula is C22H26FN5O3S. The van der Waals surface area contributed by atoms with E-state index in [2.05, 4.69) is 9.71 Å². The molecule has 1 fully saturated rings. The second-order valence-corrected chi connectivity index (χ2v) is 10.1. The molecule has 170 valence electrons. The minimum absolute atomic E-state index is 0.0212. The van der Waals surface area contributed by atoms with E-state index in [0.29, 0.717) is 24.3 Å². The van der Waals surface area contributed by atoms with Crippen molar-refractivity contribution in [3.8, 4) is 0 Å². The Morgan fingerprint density at radius 2 is 1.94 bits per heavy atom. The van der Waals surface area contributed by atoms with Gasteiger partial charge in [0.2, 0.25) is 10.0 Å². The third-order valence-corrected chi connectivity index (χ3v) is 6.60. The Bertz CT molecular complexity index is 1320. The van der Waals surface area contributed by atoms with E-state index < -0.39 is 21.7 Å². The molecule has 10 heteroatoms. The Labute approximate surface area is 186 Å². The van der Waals surface area contributed by atoms with Crippen molar-refractivity contribution >= 4 is 27.3 Å². The Morgan fingerprint density at radius 1 is 1.19 bits per heavy atom. The summed E-state index contributed by atoms with van der Waals surface area (Å²) in [5.74, 6) is -1.05. The van der Waals surface area contributed by atoms with E-state index >= 15 is 0 Å². The lowest BCUT2D eigenvalue weighted by molar-refractivity contribution is 0.0606. The lowest BCUT2D eigenvalue weighted by Crippen LogP contribution is -2.39. The third-order valence-electron chi connectivity index (χ3n) is 6.01. The predicted octanol–water partition coefficient (Wildman–Crippen LogP) is 3.53. The van der Waals surface area contributed by atoms with Gasteiger partial charge in [0.1, 0.15) is 5.82 Å². The third kappa shape index (κ3) is 4.19. The van der Waals surface area contributed by atoms with Crippen LogP contribution in [0.15, 0.2) is 24.3 Å². The average molecular weight is 460 g/mol. The minimum Gasteiger partial charge on any atom is -0.330 e. The highest BCUT2D eigenvalue weighted by atomic mass is 32.2. The molecule has 8 nitrogen and oxygen atoms in total. The van der Waals surface area contributed by atoms with Crippen molar-refractivity contribution in [3.63, 3.8) is 0 Å². The molecule has 0 saturated carbocycles. The van der Waals surface area contributed by atoms with E-state index in [1.165, 1.54) is 6.07 Å². The van der Waals surface area contributed by atoms with Gasteiger partial charge in [0.25, 0.3) is 5.91 Å². The maximum atomic E-state index is 14.0. The summed E-state index contributed by atoms with van der Waals surface area (Å²) in [5, 5.41) is 4.74. The van der Waals surface area contributed by atoms with Crippen LogP contribution < -0.4 is 4.72 Å². The van der Waals surface area contributed by atoms with E-state index in [1.54, 1.807) is 9.42 Å². The molecule has 1 aromatic carbocycles. The number of aromatic nitrogens is 3. The number of benzene rings is 1. The number of anilines is 1. The fraction of sp³-hybridized carbons (Fsp3) is 0.409. The molecule has 0 unspecified atom stereocenters. The second kappa shape index (κ2) is 8.16. The van der Waals surface area contributed by atoms with Gasteiger partial charge >= 0.3 is 0 Å². The zero-order chi connectivity index (χ0) is 23.2. The molecule has 1 N–H and O–H groups in total. The highest BCUT2D eigenvalue weighted by Crippen LogP contribution is 2.33. The summed E-state index contributed by atoms with van der Waals surface area (Å²) >= 11 is 0. The van der Waals surface area contributed by atoms with Crippen LogP contribution in [-0.4, -0.2) is 46.6 Å². The van der Waals surface area contributed by atoms with Gasteiger partial charge in [-0.3, -0.25) is 9.52 Å². The quantitative estimate of drug-likeness (QED) is 0.644. The SMILES string of the molecule is Cc1nc2cc([C@@H]3CCCCN3C(=O)c3cc(F)ccc3NS(C)(=O)=O)nn2c(C)c1C. The van der Waals surface area contributed by atoms with Crippen LogP contribution in [0.25, 0.3) is 5.65 Å². The number of amides is 1.